The van der Waals surface area contributed by atoms with Crippen LogP contribution >= 0.6 is 11.3 Å². The number of fused-ring (bicyclic) bond motifs is 1. The van der Waals surface area contributed by atoms with E-state index in [2.05, 4.69) is 20.3 Å². The summed E-state index contributed by atoms with van der Waals surface area (Å²) in [6.07, 6.45) is -0.0557. The van der Waals surface area contributed by atoms with Crippen molar-refractivity contribution in [3.63, 3.8) is 0 Å². The molecule has 8 heteroatoms. The van der Waals surface area contributed by atoms with E-state index in [0.717, 1.165) is 22.6 Å². The van der Waals surface area contributed by atoms with Gasteiger partial charge in [0.1, 0.15) is 10.7 Å². The highest BCUT2D eigenvalue weighted by Gasteiger charge is 2.25. The van der Waals surface area contributed by atoms with Crippen molar-refractivity contribution in [3.8, 4) is 0 Å². The number of thiophene rings is 1. The van der Waals surface area contributed by atoms with Crippen LogP contribution in [0.2, 0.25) is 0 Å². The number of nitrogens with zero attached hydrogens (tertiary/aromatic N) is 3. The summed E-state index contributed by atoms with van der Waals surface area (Å²) in [7, 11) is 0. The first-order chi connectivity index (χ1) is 10.2. The molecule has 0 amide bonds. The second kappa shape index (κ2) is 6.20. The van der Waals surface area contributed by atoms with Crippen LogP contribution in [-0.2, 0) is 11.3 Å². The van der Waals surface area contributed by atoms with Gasteiger partial charge in [0, 0.05) is 13.1 Å². The first-order valence-corrected chi connectivity index (χ1v) is 7.77. The fraction of sp³-hybridized carbons (Fsp3) is 0.538. The van der Waals surface area contributed by atoms with Crippen molar-refractivity contribution in [2.24, 2.45) is 5.84 Å². The maximum atomic E-state index is 9.28. The summed E-state index contributed by atoms with van der Waals surface area (Å²) in [5, 5.41) is 12.2. The number of nitrogens with one attached hydrogen (secondary N) is 1. The summed E-state index contributed by atoms with van der Waals surface area (Å²) >= 11 is 1.57. The summed E-state index contributed by atoms with van der Waals surface area (Å²) in [5.41, 5.74) is 2.63. The van der Waals surface area contributed by atoms with Crippen LogP contribution in [0.1, 0.15) is 12.7 Å². The monoisotopic (exact) mass is 309 g/mol. The van der Waals surface area contributed by atoms with E-state index < -0.39 is 0 Å². The quantitative estimate of drug-likeness (QED) is 0.561. The number of aliphatic hydroxyl groups excluding tert-OH is 1. The third kappa shape index (κ3) is 3.14. The van der Waals surface area contributed by atoms with Gasteiger partial charge in [-0.3, -0.25) is 4.90 Å². The lowest BCUT2D eigenvalue weighted by Crippen LogP contribution is -2.47. The van der Waals surface area contributed by atoms with Crippen molar-refractivity contribution in [1.29, 1.82) is 0 Å². The molecule has 1 aliphatic rings. The number of ether oxygens (including phenoxy) is 1. The standard InChI is InChI=1S/C13H19N5O2S/c1-8-4-18(5-9(7-19)20-8)6-11-15-12(17-14)10-2-3-21-13(10)16-11/h2-3,8-9,19H,4-7,14H2,1H3,(H,15,16,17). The fourth-order valence-electron chi connectivity index (χ4n) is 2.65. The Balaban J connectivity index is 1.80. The van der Waals surface area contributed by atoms with Crippen molar-refractivity contribution in [1.82, 2.24) is 14.9 Å². The van der Waals surface area contributed by atoms with Crippen LogP contribution in [0.25, 0.3) is 10.2 Å². The molecule has 0 spiro atoms. The number of morpholine rings is 1. The van der Waals surface area contributed by atoms with E-state index in [1.54, 1.807) is 11.3 Å². The summed E-state index contributed by atoms with van der Waals surface area (Å²) in [4.78, 5) is 12.2. The van der Waals surface area contributed by atoms with Crippen molar-refractivity contribution in [2.75, 3.05) is 25.1 Å². The van der Waals surface area contributed by atoms with Crippen molar-refractivity contribution in [3.05, 3.63) is 17.3 Å². The van der Waals surface area contributed by atoms with E-state index in [0.29, 0.717) is 18.9 Å². The molecular weight excluding hydrogens is 290 g/mol. The molecule has 2 aromatic rings. The lowest BCUT2D eigenvalue weighted by molar-refractivity contribution is -0.0977. The molecular formula is C13H19N5O2S. The Kier molecular flexibility index (Phi) is 4.32. The zero-order valence-corrected chi connectivity index (χ0v) is 12.6. The van der Waals surface area contributed by atoms with Crippen LogP contribution in [0.5, 0.6) is 0 Å². The van der Waals surface area contributed by atoms with Gasteiger partial charge in [-0.1, -0.05) is 0 Å². The molecule has 0 aromatic carbocycles. The highest BCUT2D eigenvalue weighted by atomic mass is 32.1. The summed E-state index contributed by atoms with van der Waals surface area (Å²) in [6, 6.07) is 1.96. The third-order valence-electron chi connectivity index (χ3n) is 3.48. The van der Waals surface area contributed by atoms with Crippen molar-refractivity contribution in [2.45, 2.75) is 25.7 Å². The maximum Gasteiger partial charge on any atom is 0.152 e. The van der Waals surface area contributed by atoms with E-state index in [4.69, 9.17) is 10.6 Å². The number of rotatable bonds is 4. The van der Waals surface area contributed by atoms with Gasteiger partial charge in [0.25, 0.3) is 0 Å². The van der Waals surface area contributed by atoms with Crippen LogP contribution in [0.3, 0.4) is 0 Å². The van der Waals surface area contributed by atoms with Gasteiger partial charge in [0.15, 0.2) is 5.82 Å². The first-order valence-electron chi connectivity index (χ1n) is 6.89. The van der Waals surface area contributed by atoms with Gasteiger partial charge in [0.05, 0.1) is 30.7 Å². The molecule has 0 radical (unpaired) electrons. The molecule has 3 rings (SSSR count). The third-order valence-corrected chi connectivity index (χ3v) is 4.29. The predicted octanol–water partition coefficient (Wildman–Crippen LogP) is 0.558. The van der Waals surface area contributed by atoms with Gasteiger partial charge < -0.3 is 15.3 Å². The number of hydrazine groups is 1. The molecule has 0 bridgehead atoms. The van der Waals surface area contributed by atoms with Crippen LogP contribution in [0.15, 0.2) is 11.4 Å². The van der Waals surface area contributed by atoms with E-state index in [-0.39, 0.29) is 18.8 Å². The van der Waals surface area contributed by atoms with Crippen LogP contribution in [0.4, 0.5) is 5.82 Å². The maximum absolute atomic E-state index is 9.28. The molecule has 1 fully saturated rings. The normalized spacial score (nSPS) is 23.6. The van der Waals surface area contributed by atoms with Gasteiger partial charge in [-0.05, 0) is 18.4 Å². The number of nitrogens with two attached hydrogens (primary N) is 1. The fourth-order valence-corrected chi connectivity index (χ4v) is 3.43. The van der Waals surface area contributed by atoms with Gasteiger partial charge >= 0.3 is 0 Å². The lowest BCUT2D eigenvalue weighted by atomic mass is 10.2. The number of aromatic nitrogens is 2. The van der Waals surface area contributed by atoms with Gasteiger partial charge in [-0.2, -0.15) is 0 Å². The molecule has 2 aromatic heterocycles. The second-order valence-corrected chi connectivity index (χ2v) is 6.11. The molecule has 1 aliphatic heterocycles. The molecule has 2 atom stereocenters. The van der Waals surface area contributed by atoms with Gasteiger partial charge in [-0.25, -0.2) is 15.8 Å². The smallest absolute Gasteiger partial charge is 0.152 e. The van der Waals surface area contributed by atoms with E-state index >= 15 is 0 Å². The lowest BCUT2D eigenvalue weighted by Gasteiger charge is -2.35. The molecule has 2 unspecified atom stereocenters. The van der Waals surface area contributed by atoms with E-state index in [1.807, 2.05) is 18.4 Å². The minimum Gasteiger partial charge on any atom is -0.394 e. The number of hydrogen-bond acceptors (Lipinski definition) is 8. The summed E-state index contributed by atoms with van der Waals surface area (Å²) in [6.45, 7) is 4.13. The Hall–Kier alpha value is -1.32. The van der Waals surface area contributed by atoms with Gasteiger partial charge in [-0.15, -0.1) is 11.3 Å². The Morgan fingerprint density at radius 3 is 3.14 bits per heavy atom. The average Bonchev–Trinajstić information content (AvgIpc) is 2.94. The minimum absolute atomic E-state index is 0.0290. The number of nitrogen functional groups attached to an aromatic ring is 1. The summed E-state index contributed by atoms with van der Waals surface area (Å²) in [5.74, 6) is 6.92. The zero-order valence-electron chi connectivity index (χ0n) is 11.8. The Labute approximate surface area is 126 Å². The Morgan fingerprint density at radius 1 is 1.52 bits per heavy atom. The Bertz CT molecular complexity index is 620. The molecule has 21 heavy (non-hydrogen) atoms. The van der Waals surface area contributed by atoms with Crippen molar-refractivity contribution >= 4 is 27.4 Å². The van der Waals surface area contributed by atoms with Crippen LogP contribution in [0, 0.1) is 0 Å². The highest BCUT2D eigenvalue weighted by Crippen LogP contribution is 2.25. The molecule has 1 saturated heterocycles. The largest absolute Gasteiger partial charge is 0.394 e. The average molecular weight is 309 g/mol. The van der Waals surface area contributed by atoms with Gasteiger partial charge in [0.2, 0.25) is 0 Å². The van der Waals surface area contributed by atoms with E-state index in [9.17, 15) is 5.11 Å². The Morgan fingerprint density at radius 2 is 2.38 bits per heavy atom. The molecule has 0 saturated carbocycles. The molecule has 7 nitrogen and oxygen atoms in total. The summed E-state index contributed by atoms with van der Waals surface area (Å²) < 4.78 is 5.64. The highest BCUT2D eigenvalue weighted by molar-refractivity contribution is 7.16. The topological polar surface area (TPSA) is 96.5 Å². The number of anilines is 1. The second-order valence-electron chi connectivity index (χ2n) is 5.22. The molecule has 4 N–H and O–H groups in total. The number of aliphatic hydroxyl groups is 1. The molecule has 3 heterocycles. The molecule has 0 aliphatic carbocycles. The SMILES string of the molecule is CC1CN(Cc2nc(NN)c3ccsc3n2)CC(CO)O1. The first kappa shape index (κ1) is 14.6. The number of hydrogen-bond donors (Lipinski definition) is 3. The van der Waals surface area contributed by atoms with Crippen molar-refractivity contribution < 1.29 is 9.84 Å². The minimum atomic E-state index is -0.147. The zero-order chi connectivity index (χ0) is 14.8. The predicted molar refractivity (Wildman–Crippen MR) is 81.9 cm³/mol. The molecule has 114 valence electrons. The van der Waals surface area contributed by atoms with E-state index in [1.165, 1.54) is 0 Å². The van der Waals surface area contributed by atoms with Crippen LogP contribution in [-0.4, -0.2) is 51.9 Å². The van der Waals surface area contributed by atoms with Crippen LogP contribution < -0.4 is 11.3 Å².